The Balaban J connectivity index is 1.21. The van der Waals surface area contributed by atoms with Gasteiger partial charge in [0.05, 0.1) is 11.1 Å². The maximum absolute atomic E-state index is 6.86. The molecule has 8 rings (SSSR count). The molecule has 0 aliphatic carbocycles. The van der Waals surface area contributed by atoms with E-state index in [1.807, 2.05) is 0 Å². The molecular weight excluding hydrogens is 587 g/mol. The van der Waals surface area contributed by atoms with Crippen molar-refractivity contribution in [2.75, 3.05) is 37.7 Å². The summed E-state index contributed by atoms with van der Waals surface area (Å²) in [5.74, 6) is 1.96. The van der Waals surface area contributed by atoms with Gasteiger partial charge in [-0.15, -0.1) is 0 Å². The van der Waals surface area contributed by atoms with Gasteiger partial charge in [0.25, 0.3) is 0 Å². The van der Waals surface area contributed by atoms with Crippen LogP contribution < -0.4 is 19.4 Å². The molecular formula is C38H49N5O2Si. The topological polar surface area (TPSA) is 62.8 Å². The van der Waals surface area contributed by atoms with E-state index in [1.165, 1.54) is 68.0 Å². The second-order valence-electron chi connectivity index (χ2n) is 15.9. The van der Waals surface area contributed by atoms with Crippen LogP contribution in [-0.2, 0) is 0 Å². The zero-order valence-corrected chi connectivity index (χ0v) is 29.2. The molecule has 0 radical (unpaired) electrons. The molecule has 4 fully saturated rings. The molecule has 0 amide bonds. The van der Waals surface area contributed by atoms with Crippen molar-refractivity contribution < 1.29 is 9.16 Å². The van der Waals surface area contributed by atoms with Gasteiger partial charge in [0.15, 0.2) is 0 Å². The van der Waals surface area contributed by atoms with Crippen molar-refractivity contribution in [3.05, 3.63) is 54.6 Å². The third kappa shape index (κ3) is 5.36. The molecule has 4 aliphatic heterocycles. The number of hydrogen-bond donors (Lipinski definition) is 1. The third-order valence-electron chi connectivity index (χ3n) is 11.8. The molecule has 1 aromatic heterocycles. The number of nitrogens with zero attached hydrogens (tertiary/aromatic N) is 4. The second-order valence-corrected chi connectivity index (χ2v) is 20.6. The van der Waals surface area contributed by atoms with Crippen molar-refractivity contribution in [1.29, 1.82) is 0 Å². The molecule has 4 aliphatic rings. The van der Waals surface area contributed by atoms with Crippen LogP contribution in [0.3, 0.4) is 0 Å². The molecule has 2 bridgehead atoms. The number of anilines is 1. The third-order valence-corrected chi connectivity index (χ3v) is 16.1. The van der Waals surface area contributed by atoms with E-state index in [2.05, 4.69) is 104 Å². The first-order valence-electron chi connectivity index (χ1n) is 17.5. The number of hydrogen-bond acceptors (Lipinski definition) is 7. The lowest BCUT2D eigenvalue weighted by Gasteiger charge is -2.36. The monoisotopic (exact) mass is 635 g/mol. The summed E-state index contributed by atoms with van der Waals surface area (Å²) < 4.78 is 13.5. The molecule has 0 spiro atoms. The molecule has 0 saturated carbocycles. The quantitative estimate of drug-likeness (QED) is 0.208. The summed E-state index contributed by atoms with van der Waals surface area (Å²) in [6.45, 7) is 16.5. The van der Waals surface area contributed by atoms with E-state index >= 15 is 0 Å². The van der Waals surface area contributed by atoms with E-state index in [1.54, 1.807) is 0 Å². The summed E-state index contributed by atoms with van der Waals surface area (Å²) in [5.41, 5.74) is 3.40. The molecule has 46 heavy (non-hydrogen) atoms. The molecule has 5 heterocycles. The van der Waals surface area contributed by atoms with Gasteiger partial charge in [0, 0.05) is 30.6 Å². The summed E-state index contributed by atoms with van der Waals surface area (Å²) in [5, 5.41) is 7.40. The Morgan fingerprint density at radius 2 is 1.65 bits per heavy atom. The Morgan fingerprint density at radius 3 is 2.39 bits per heavy atom. The van der Waals surface area contributed by atoms with E-state index in [9.17, 15) is 0 Å². The van der Waals surface area contributed by atoms with Crippen LogP contribution in [-0.4, -0.2) is 73.6 Å². The smallest absolute Gasteiger partial charge is 0.319 e. The van der Waals surface area contributed by atoms with Crippen molar-refractivity contribution in [3.63, 3.8) is 0 Å². The Hall–Kier alpha value is -3.20. The predicted molar refractivity (Wildman–Crippen MR) is 191 cm³/mol. The molecule has 4 aromatic rings. The minimum Gasteiger partial charge on any atom is -0.543 e. The molecule has 3 aromatic carbocycles. The number of aromatic nitrogens is 2. The van der Waals surface area contributed by atoms with Gasteiger partial charge < -0.3 is 19.4 Å². The molecule has 8 heteroatoms. The average Bonchev–Trinajstić information content (AvgIpc) is 3.71. The van der Waals surface area contributed by atoms with Crippen LogP contribution in [0, 0.1) is 0 Å². The molecule has 242 valence electrons. The lowest BCUT2D eigenvalue weighted by atomic mass is 9.95. The Labute approximate surface area is 274 Å². The van der Waals surface area contributed by atoms with Crippen LogP contribution in [0.2, 0.25) is 18.1 Å². The summed E-state index contributed by atoms with van der Waals surface area (Å²) >= 11 is 0. The minimum atomic E-state index is -2.02. The molecule has 7 nitrogen and oxygen atoms in total. The fourth-order valence-electron chi connectivity index (χ4n) is 8.22. The second kappa shape index (κ2) is 11.2. The van der Waals surface area contributed by atoms with Crippen molar-refractivity contribution in [1.82, 2.24) is 20.2 Å². The van der Waals surface area contributed by atoms with Gasteiger partial charge in [-0.25, -0.2) is 0 Å². The van der Waals surface area contributed by atoms with Gasteiger partial charge in [-0.3, -0.25) is 4.90 Å². The van der Waals surface area contributed by atoms with Crippen LogP contribution >= 0.6 is 0 Å². The van der Waals surface area contributed by atoms with Gasteiger partial charge in [0.2, 0.25) is 8.32 Å². The van der Waals surface area contributed by atoms with Crippen molar-refractivity contribution >= 4 is 35.8 Å². The summed E-state index contributed by atoms with van der Waals surface area (Å²) in [6.07, 6.45) is 7.39. The van der Waals surface area contributed by atoms with E-state index in [0.717, 1.165) is 41.1 Å². The van der Waals surface area contributed by atoms with E-state index in [4.69, 9.17) is 19.1 Å². The summed E-state index contributed by atoms with van der Waals surface area (Å²) in [6, 6.07) is 21.4. The Morgan fingerprint density at radius 1 is 0.913 bits per heavy atom. The minimum absolute atomic E-state index is 0.114. The van der Waals surface area contributed by atoms with Crippen LogP contribution in [0.5, 0.6) is 11.8 Å². The predicted octanol–water partition coefficient (Wildman–Crippen LogP) is 7.78. The maximum Gasteiger partial charge on any atom is 0.319 e. The molecule has 0 unspecified atom stereocenters. The van der Waals surface area contributed by atoms with Gasteiger partial charge in [-0.05, 0) is 116 Å². The summed E-state index contributed by atoms with van der Waals surface area (Å²) in [7, 11) is -2.02. The normalized spacial score (nSPS) is 22.9. The van der Waals surface area contributed by atoms with E-state index in [0.29, 0.717) is 24.7 Å². The average molecular weight is 636 g/mol. The van der Waals surface area contributed by atoms with Gasteiger partial charge in [-0.2, -0.15) is 9.97 Å². The Bertz CT molecular complexity index is 1760. The largest absolute Gasteiger partial charge is 0.543 e. The number of benzene rings is 3. The molecule has 2 atom stereocenters. The van der Waals surface area contributed by atoms with Crippen LogP contribution in [0.1, 0.15) is 59.3 Å². The van der Waals surface area contributed by atoms with Crippen LogP contribution in [0.15, 0.2) is 54.6 Å². The van der Waals surface area contributed by atoms with Crippen LogP contribution in [0.4, 0.5) is 5.82 Å². The lowest BCUT2D eigenvalue weighted by molar-refractivity contribution is 0.108. The van der Waals surface area contributed by atoms with Gasteiger partial charge in [-0.1, -0.05) is 51.1 Å². The number of piperazine rings is 1. The first-order valence-corrected chi connectivity index (χ1v) is 20.4. The maximum atomic E-state index is 6.86. The Kier molecular flexibility index (Phi) is 7.34. The first kappa shape index (κ1) is 30.2. The van der Waals surface area contributed by atoms with Crippen LogP contribution in [0.25, 0.3) is 32.8 Å². The fourth-order valence-corrected chi connectivity index (χ4v) is 9.24. The van der Waals surface area contributed by atoms with Crippen molar-refractivity contribution in [3.8, 4) is 22.9 Å². The fraction of sp³-hybridized carbons (Fsp3) is 0.526. The highest BCUT2D eigenvalue weighted by Gasteiger charge is 2.45. The summed E-state index contributed by atoms with van der Waals surface area (Å²) in [4.78, 5) is 15.4. The highest BCUT2D eigenvalue weighted by molar-refractivity contribution is 6.74. The standard InChI is InChI=1S/C38H49N5O2Si/c1-37(2,3)46(4,5)45-30-20-26-10-6-7-11-31(26)33(22-30)27-12-15-32-34(21-27)40-36(44-25-38-16-8-18-43(38)19-9-17-38)41-35(32)42-23-28-13-14-29(24-42)39-28/h6-7,10-12,15,20-22,28-29,39H,8-9,13-14,16-19,23-25H2,1-5H3/t28-,29+. The van der Waals surface area contributed by atoms with Crippen molar-refractivity contribution in [2.45, 2.75) is 95.1 Å². The lowest BCUT2D eigenvalue weighted by Crippen LogP contribution is -2.51. The zero-order valence-electron chi connectivity index (χ0n) is 28.2. The van der Waals surface area contributed by atoms with Crippen molar-refractivity contribution in [2.24, 2.45) is 0 Å². The van der Waals surface area contributed by atoms with E-state index < -0.39 is 8.32 Å². The highest BCUT2D eigenvalue weighted by atomic mass is 28.4. The number of rotatable bonds is 7. The molecule has 4 saturated heterocycles. The SMILES string of the molecule is CC(C)(C)[Si](C)(C)Oc1cc(-c2ccc3c(N4C[C@H]5CC[C@@H](C4)N5)nc(OCC45CCCN4CCC5)nc3c2)c2ccccc2c1. The van der Waals surface area contributed by atoms with Gasteiger partial charge >= 0.3 is 6.01 Å². The van der Waals surface area contributed by atoms with Gasteiger partial charge in [0.1, 0.15) is 18.2 Å². The number of nitrogens with one attached hydrogen (secondary N) is 1. The number of fused-ring (bicyclic) bond motifs is 5. The molecule has 1 N–H and O–H groups in total. The number of ether oxygens (including phenoxy) is 1. The highest BCUT2D eigenvalue weighted by Crippen LogP contribution is 2.42. The van der Waals surface area contributed by atoms with E-state index in [-0.39, 0.29) is 10.6 Å². The first-order chi connectivity index (χ1) is 22.1. The zero-order chi connectivity index (χ0) is 31.7.